The summed E-state index contributed by atoms with van der Waals surface area (Å²) in [5, 5.41) is 2.37. The molecule has 11 heteroatoms. The van der Waals surface area contributed by atoms with Gasteiger partial charge in [-0.2, -0.15) is 31.4 Å². The second kappa shape index (κ2) is 5.75. The standard InChI is InChI=1S/C11H3Cl2F6IN2/c12-5-1-4(10(14,15)16)2-6(13)8(5)22-3-7(20)9(21-22)11(17,18)19/h1-3H. The third-order valence-electron chi connectivity index (χ3n) is 2.51. The lowest BCUT2D eigenvalue weighted by molar-refractivity contribution is -0.142. The Hall–Kier alpha value is -0.680. The number of nitrogens with zero attached hydrogens (tertiary/aromatic N) is 2. The molecule has 0 bridgehead atoms. The van der Waals surface area contributed by atoms with Crippen LogP contribution >= 0.6 is 45.8 Å². The maximum Gasteiger partial charge on any atom is 0.436 e. The van der Waals surface area contributed by atoms with Crippen molar-refractivity contribution in [1.29, 1.82) is 0 Å². The lowest BCUT2D eigenvalue weighted by Gasteiger charge is -2.12. The molecule has 120 valence electrons. The Morgan fingerprint density at radius 2 is 1.45 bits per heavy atom. The highest BCUT2D eigenvalue weighted by Gasteiger charge is 2.37. The van der Waals surface area contributed by atoms with E-state index in [1.807, 2.05) is 0 Å². The van der Waals surface area contributed by atoms with Crippen molar-refractivity contribution < 1.29 is 26.3 Å². The normalized spacial score (nSPS) is 12.8. The van der Waals surface area contributed by atoms with Gasteiger partial charge in [0.25, 0.3) is 0 Å². The zero-order chi connectivity index (χ0) is 16.9. The van der Waals surface area contributed by atoms with E-state index < -0.39 is 33.7 Å². The quantitative estimate of drug-likeness (QED) is 0.376. The van der Waals surface area contributed by atoms with Gasteiger partial charge in [0.15, 0.2) is 5.69 Å². The first-order chi connectivity index (χ1) is 9.91. The fourth-order valence-electron chi connectivity index (χ4n) is 1.61. The molecule has 1 heterocycles. The molecule has 0 aliphatic rings. The average molecular weight is 475 g/mol. The molecule has 0 atom stereocenters. The van der Waals surface area contributed by atoms with Crippen LogP contribution in [0.5, 0.6) is 0 Å². The van der Waals surface area contributed by atoms with Crippen molar-refractivity contribution in [2.45, 2.75) is 12.4 Å². The van der Waals surface area contributed by atoms with Gasteiger partial charge in [-0.25, -0.2) is 4.68 Å². The number of rotatable bonds is 1. The molecule has 0 unspecified atom stereocenters. The highest BCUT2D eigenvalue weighted by Crippen LogP contribution is 2.38. The Bertz CT molecular complexity index is 699. The van der Waals surface area contributed by atoms with Crippen LogP contribution in [0, 0.1) is 3.57 Å². The lowest BCUT2D eigenvalue weighted by Crippen LogP contribution is -2.10. The molecule has 1 aromatic carbocycles. The van der Waals surface area contributed by atoms with Crippen LogP contribution in [0.15, 0.2) is 18.3 Å². The molecular formula is C11H3Cl2F6IN2. The summed E-state index contributed by atoms with van der Waals surface area (Å²) in [6.45, 7) is 0. The Morgan fingerprint density at radius 3 is 1.82 bits per heavy atom. The minimum absolute atomic E-state index is 0.239. The molecule has 0 saturated carbocycles. The van der Waals surface area contributed by atoms with E-state index in [1.165, 1.54) is 22.6 Å². The molecule has 0 spiro atoms. The van der Waals surface area contributed by atoms with Crippen molar-refractivity contribution in [3.8, 4) is 5.69 Å². The van der Waals surface area contributed by atoms with Gasteiger partial charge in [0.1, 0.15) is 5.69 Å². The van der Waals surface area contributed by atoms with Gasteiger partial charge in [-0.1, -0.05) is 23.2 Å². The summed E-state index contributed by atoms with van der Waals surface area (Å²) < 4.78 is 76.4. The Kier molecular flexibility index (Phi) is 4.62. The van der Waals surface area contributed by atoms with Crippen LogP contribution in [-0.4, -0.2) is 9.78 Å². The van der Waals surface area contributed by atoms with Gasteiger partial charge in [-0.05, 0) is 34.7 Å². The van der Waals surface area contributed by atoms with Crippen molar-refractivity contribution in [3.05, 3.63) is 43.2 Å². The van der Waals surface area contributed by atoms with Gasteiger partial charge in [0, 0.05) is 6.20 Å². The molecule has 22 heavy (non-hydrogen) atoms. The van der Waals surface area contributed by atoms with E-state index in [0.29, 0.717) is 16.8 Å². The van der Waals surface area contributed by atoms with Crippen LogP contribution in [0.1, 0.15) is 11.3 Å². The maximum absolute atomic E-state index is 12.7. The van der Waals surface area contributed by atoms with Crippen molar-refractivity contribution in [2.75, 3.05) is 0 Å². The lowest BCUT2D eigenvalue weighted by atomic mass is 10.2. The zero-order valence-electron chi connectivity index (χ0n) is 10.0. The number of aromatic nitrogens is 2. The number of hydrogen-bond donors (Lipinski definition) is 0. The summed E-state index contributed by atoms with van der Waals surface area (Å²) in [5.74, 6) is 0. The average Bonchev–Trinajstić information content (AvgIpc) is 2.68. The van der Waals surface area contributed by atoms with Gasteiger partial charge in [-0.3, -0.25) is 0 Å². The van der Waals surface area contributed by atoms with Crippen molar-refractivity contribution >= 4 is 45.8 Å². The first-order valence-electron chi connectivity index (χ1n) is 5.30. The fraction of sp³-hybridized carbons (Fsp3) is 0.182. The summed E-state index contributed by atoms with van der Waals surface area (Å²) in [6.07, 6.45) is -8.40. The van der Waals surface area contributed by atoms with Crippen molar-refractivity contribution in [3.63, 3.8) is 0 Å². The number of benzene rings is 1. The van der Waals surface area contributed by atoms with Gasteiger partial charge in [-0.15, -0.1) is 0 Å². The molecule has 2 rings (SSSR count). The molecule has 2 aromatic rings. The van der Waals surface area contributed by atoms with Crippen LogP contribution in [0.25, 0.3) is 5.69 Å². The van der Waals surface area contributed by atoms with E-state index in [-0.39, 0.29) is 9.26 Å². The molecule has 2 nitrogen and oxygen atoms in total. The molecule has 0 aliphatic heterocycles. The van der Waals surface area contributed by atoms with Crippen molar-refractivity contribution in [1.82, 2.24) is 9.78 Å². The predicted octanol–water partition coefficient (Wildman–Crippen LogP) is 5.82. The summed E-state index contributed by atoms with van der Waals surface area (Å²) in [4.78, 5) is 0. The number of halogens is 9. The Morgan fingerprint density at radius 1 is 0.955 bits per heavy atom. The van der Waals surface area contributed by atoms with Crippen LogP contribution in [-0.2, 0) is 12.4 Å². The minimum Gasteiger partial charge on any atom is -0.236 e. The van der Waals surface area contributed by atoms with Gasteiger partial charge >= 0.3 is 12.4 Å². The van der Waals surface area contributed by atoms with Gasteiger partial charge < -0.3 is 0 Å². The summed E-state index contributed by atoms with van der Waals surface area (Å²) in [6, 6.07) is 1.15. The molecule has 0 saturated heterocycles. The van der Waals surface area contributed by atoms with E-state index >= 15 is 0 Å². The first kappa shape index (κ1) is 17.7. The van der Waals surface area contributed by atoms with Gasteiger partial charge in [0.2, 0.25) is 0 Å². The third kappa shape index (κ3) is 3.46. The van der Waals surface area contributed by atoms with Crippen LogP contribution in [0.3, 0.4) is 0 Å². The van der Waals surface area contributed by atoms with E-state index in [2.05, 4.69) is 5.10 Å². The molecule has 0 fully saturated rings. The molecule has 0 aliphatic carbocycles. The Labute approximate surface area is 143 Å². The van der Waals surface area contributed by atoms with Gasteiger partial charge in [0.05, 0.1) is 19.2 Å². The van der Waals surface area contributed by atoms with Crippen LogP contribution in [0.2, 0.25) is 10.0 Å². The monoisotopic (exact) mass is 474 g/mol. The fourth-order valence-corrected chi connectivity index (χ4v) is 2.95. The van der Waals surface area contributed by atoms with E-state index in [0.717, 1.165) is 6.20 Å². The van der Waals surface area contributed by atoms with E-state index in [4.69, 9.17) is 23.2 Å². The predicted molar refractivity (Wildman–Crippen MR) is 76.3 cm³/mol. The maximum atomic E-state index is 12.7. The van der Waals surface area contributed by atoms with Crippen LogP contribution < -0.4 is 0 Å². The smallest absolute Gasteiger partial charge is 0.236 e. The highest BCUT2D eigenvalue weighted by atomic mass is 127. The molecule has 0 N–H and O–H groups in total. The minimum atomic E-state index is -4.70. The van der Waals surface area contributed by atoms with Crippen molar-refractivity contribution in [2.24, 2.45) is 0 Å². The highest BCUT2D eigenvalue weighted by molar-refractivity contribution is 14.1. The topological polar surface area (TPSA) is 17.8 Å². The van der Waals surface area contributed by atoms with E-state index in [9.17, 15) is 26.3 Å². The number of hydrogen-bond acceptors (Lipinski definition) is 1. The summed E-state index contributed by atoms with van der Waals surface area (Å²) >= 11 is 12.9. The summed E-state index contributed by atoms with van der Waals surface area (Å²) in [7, 11) is 0. The molecular weight excluding hydrogens is 472 g/mol. The molecule has 0 radical (unpaired) electrons. The second-order valence-electron chi connectivity index (χ2n) is 4.05. The summed E-state index contributed by atoms with van der Waals surface area (Å²) in [5.41, 5.74) is -2.55. The van der Waals surface area contributed by atoms with Crippen LogP contribution in [0.4, 0.5) is 26.3 Å². The SMILES string of the molecule is FC(F)(F)c1cc(Cl)c(-n2cc(I)c(C(F)(F)F)n2)c(Cl)c1. The number of alkyl halides is 6. The molecule has 1 aromatic heterocycles. The third-order valence-corrected chi connectivity index (χ3v) is 3.88. The van der Waals surface area contributed by atoms with E-state index in [1.54, 1.807) is 0 Å². The first-order valence-corrected chi connectivity index (χ1v) is 7.13. The Balaban J connectivity index is 2.60. The zero-order valence-corrected chi connectivity index (χ0v) is 13.7. The second-order valence-corrected chi connectivity index (χ2v) is 6.03. The molecule has 0 amide bonds. The largest absolute Gasteiger partial charge is 0.436 e.